The molecule has 0 aliphatic carbocycles. The summed E-state index contributed by atoms with van der Waals surface area (Å²) in [6.45, 7) is 2.72. The molecule has 0 bridgehead atoms. The maximum atomic E-state index is 6.15. The highest BCUT2D eigenvalue weighted by Gasteiger charge is 2.08. The topological polar surface area (TPSA) is 41.8 Å². The molecule has 2 rings (SSSR count). The summed E-state index contributed by atoms with van der Waals surface area (Å²) < 4.78 is 0. The van der Waals surface area contributed by atoms with Crippen LogP contribution in [-0.2, 0) is 6.42 Å². The van der Waals surface area contributed by atoms with Crippen molar-refractivity contribution < 1.29 is 0 Å². The Balaban J connectivity index is 2.70. The summed E-state index contributed by atoms with van der Waals surface area (Å²) in [6, 6.07) is 3.96. The second-order valence-electron chi connectivity index (χ2n) is 3.47. The summed E-state index contributed by atoms with van der Waals surface area (Å²) in [5.74, 6) is 0. The van der Waals surface area contributed by atoms with Gasteiger partial charge in [0.25, 0.3) is 0 Å². The summed E-state index contributed by atoms with van der Waals surface area (Å²) >= 11 is 6.15. The van der Waals surface area contributed by atoms with Gasteiger partial charge >= 0.3 is 0 Å². The molecule has 0 unspecified atom stereocenters. The minimum Gasteiger partial charge on any atom is -0.361 e. The average Bonchev–Trinajstić information content (AvgIpc) is 2.58. The zero-order valence-electron chi connectivity index (χ0n) is 8.10. The standard InChI is InChI=1S/C11H13ClN2/c1-7-2-3-9(12)10-8(4-5-13)6-14-11(7)10/h2-3,6,14H,4-5,13H2,1H3. The van der Waals surface area contributed by atoms with Crippen molar-refractivity contribution in [3.63, 3.8) is 0 Å². The number of hydrogen-bond acceptors (Lipinski definition) is 1. The summed E-state index contributed by atoms with van der Waals surface area (Å²) in [4.78, 5) is 3.24. The SMILES string of the molecule is Cc1ccc(Cl)c2c(CCN)c[nH]c12. The predicted molar refractivity (Wildman–Crippen MR) is 60.8 cm³/mol. The van der Waals surface area contributed by atoms with Crippen molar-refractivity contribution in [2.24, 2.45) is 5.73 Å². The van der Waals surface area contributed by atoms with Crippen LogP contribution >= 0.6 is 11.6 Å². The molecule has 1 aromatic heterocycles. The summed E-state index contributed by atoms with van der Waals surface area (Å²) in [7, 11) is 0. The molecule has 0 amide bonds. The van der Waals surface area contributed by atoms with E-state index in [1.807, 2.05) is 18.3 Å². The fourth-order valence-corrected chi connectivity index (χ4v) is 2.04. The number of aromatic amines is 1. The van der Waals surface area contributed by atoms with E-state index in [0.29, 0.717) is 6.54 Å². The zero-order chi connectivity index (χ0) is 10.1. The Morgan fingerprint density at radius 1 is 1.43 bits per heavy atom. The first-order valence-corrected chi connectivity index (χ1v) is 5.07. The van der Waals surface area contributed by atoms with Crippen LogP contribution < -0.4 is 5.73 Å². The van der Waals surface area contributed by atoms with E-state index in [2.05, 4.69) is 11.9 Å². The lowest BCUT2D eigenvalue weighted by Gasteiger charge is -2.01. The number of fused-ring (bicyclic) bond motifs is 1. The number of benzene rings is 1. The van der Waals surface area contributed by atoms with E-state index in [0.717, 1.165) is 22.3 Å². The normalized spacial score (nSPS) is 11.1. The number of aromatic nitrogens is 1. The minimum atomic E-state index is 0.650. The Bertz CT molecular complexity index is 460. The highest BCUT2D eigenvalue weighted by molar-refractivity contribution is 6.35. The maximum absolute atomic E-state index is 6.15. The third-order valence-electron chi connectivity index (χ3n) is 2.49. The second-order valence-corrected chi connectivity index (χ2v) is 3.87. The van der Waals surface area contributed by atoms with Crippen LogP contribution in [0.1, 0.15) is 11.1 Å². The van der Waals surface area contributed by atoms with Gasteiger partial charge in [0.1, 0.15) is 0 Å². The fraction of sp³-hybridized carbons (Fsp3) is 0.273. The molecule has 0 aliphatic heterocycles. The Morgan fingerprint density at radius 3 is 2.93 bits per heavy atom. The first-order chi connectivity index (χ1) is 6.74. The van der Waals surface area contributed by atoms with Gasteiger partial charge in [-0.15, -0.1) is 0 Å². The molecule has 0 aliphatic rings. The molecule has 3 N–H and O–H groups in total. The Hall–Kier alpha value is -0.990. The molecular formula is C11H13ClN2. The number of nitrogens with one attached hydrogen (secondary N) is 1. The van der Waals surface area contributed by atoms with Crippen LogP contribution in [0.25, 0.3) is 10.9 Å². The van der Waals surface area contributed by atoms with Crippen molar-refractivity contribution in [3.05, 3.63) is 34.5 Å². The highest BCUT2D eigenvalue weighted by Crippen LogP contribution is 2.28. The van der Waals surface area contributed by atoms with Crippen molar-refractivity contribution in [2.45, 2.75) is 13.3 Å². The second kappa shape index (κ2) is 3.64. The summed E-state index contributed by atoms with van der Waals surface area (Å²) in [5.41, 5.74) is 9.09. The molecule has 0 radical (unpaired) electrons. The zero-order valence-corrected chi connectivity index (χ0v) is 8.86. The Kier molecular flexibility index (Phi) is 2.48. The van der Waals surface area contributed by atoms with Crippen LogP contribution in [0.3, 0.4) is 0 Å². The molecule has 0 saturated heterocycles. The van der Waals surface area contributed by atoms with Gasteiger partial charge in [-0.25, -0.2) is 0 Å². The van der Waals surface area contributed by atoms with Gasteiger partial charge in [-0.3, -0.25) is 0 Å². The van der Waals surface area contributed by atoms with Crippen LogP contribution in [0.4, 0.5) is 0 Å². The quantitative estimate of drug-likeness (QED) is 0.783. The van der Waals surface area contributed by atoms with Crippen LogP contribution in [0, 0.1) is 6.92 Å². The fourth-order valence-electron chi connectivity index (χ4n) is 1.77. The molecule has 2 aromatic rings. The van der Waals surface area contributed by atoms with Crippen LogP contribution in [0.2, 0.25) is 5.02 Å². The van der Waals surface area contributed by atoms with Gasteiger partial charge in [-0.2, -0.15) is 0 Å². The monoisotopic (exact) mass is 208 g/mol. The number of hydrogen-bond donors (Lipinski definition) is 2. The van der Waals surface area contributed by atoms with Crippen molar-refractivity contribution in [1.29, 1.82) is 0 Å². The highest BCUT2D eigenvalue weighted by atomic mass is 35.5. The maximum Gasteiger partial charge on any atom is 0.0502 e. The van der Waals surface area contributed by atoms with Gasteiger partial charge < -0.3 is 10.7 Å². The van der Waals surface area contributed by atoms with Crippen molar-refractivity contribution in [2.75, 3.05) is 6.54 Å². The van der Waals surface area contributed by atoms with E-state index in [9.17, 15) is 0 Å². The molecule has 0 atom stereocenters. The van der Waals surface area contributed by atoms with E-state index in [1.165, 1.54) is 11.1 Å². The van der Waals surface area contributed by atoms with E-state index in [-0.39, 0.29) is 0 Å². The molecule has 14 heavy (non-hydrogen) atoms. The predicted octanol–water partition coefficient (Wildman–Crippen LogP) is 2.63. The minimum absolute atomic E-state index is 0.650. The van der Waals surface area contributed by atoms with Crippen LogP contribution in [0.15, 0.2) is 18.3 Å². The van der Waals surface area contributed by atoms with E-state index in [4.69, 9.17) is 17.3 Å². The number of halogens is 1. The summed E-state index contributed by atoms with van der Waals surface area (Å²) in [6.07, 6.45) is 2.86. The number of H-pyrrole nitrogens is 1. The van der Waals surface area contributed by atoms with Crippen molar-refractivity contribution in [3.8, 4) is 0 Å². The van der Waals surface area contributed by atoms with Gasteiger partial charge in [-0.05, 0) is 37.1 Å². The first-order valence-electron chi connectivity index (χ1n) is 4.69. The summed E-state index contributed by atoms with van der Waals surface area (Å²) in [5, 5.41) is 1.92. The molecule has 1 aromatic carbocycles. The lowest BCUT2D eigenvalue weighted by Crippen LogP contribution is -2.01. The molecule has 3 heteroatoms. The van der Waals surface area contributed by atoms with Gasteiger partial charge in [0.05, 0.1) is 10.5 Å². The molecule has 74 valence electrons. The van der Waals surface area contributed by atoms with Crippen LogP contribution in [-0.4, -0.2) is 11.5 Å². The van der Waals surface area contributed by atoms with Gasteiger partial charge in [0.15, 0.2) is 0 Å². The molecule has 2 nitrogen and oxygen atoms in total. The Labute approximate surface area is 88.1 Å². The van der Waals surface area contributed by atoms with Crippen molar-refractivity contribution >= 4 is 22.5 Å². The Morgan fingerprint density at radius 2 is 2.21 bits per heavy atom. The van der Waals surface area contributed by atoms with E-state index >= 15 is 0 Å². The third kappa shape index (κ3) is 1.41. The molecule has 0 fully saturated rings. The first kappa shape index (κ1) is 9.56. The lowest BCUT2D eigenvalue weighted by atomic mass is 10.1. The van der Waals surface area contributed by atoms with E-state index < -0.39 is 0 Å². The molecule has 0 spiro atoms. The number of nitrogens with two attached hydrogens (primary N) is 1. The van der Waals surface area contributed by atoms with Gasteiger partial charge in [-0.1, -0.05) is 17.7 Å². The van der Waals surface area contributed by atoms with Crippen LogP contribution in [0.5, 0.6) is 0 Å². The van der Waals surface area contributed by atoms with E-state index in [1.54, 1.807) is 0 Å². The van der Waals surface area contributed by atoms with Gasteiger partial charge in [0, 0.05) is 11.6 Å². The molecule has 1 heterocycles. The van der Waals surface area contributed by atoms with Crippen molar-refractivity contribution in [1.82, 2.24) is 4.98 Å². The molecular weight excluding hydrogens is 196 g/mol. The largest absolute Gasteiger partial charge is 0.361 e. The third-order valence-corrected chi connectivity index (χ3v) is 2.80. The number of rotatable bonds is 2. The van der Waals surface area contributed by atoms with Gasteiger partial charge in [0.2, 0.25) is 0 Å². The average molecular weight is 209 g/mol. The smallest absolute Gasteiger partial charge is 0.0502 e. The lowest BCUT2D eigenvalue weighted by molar-refractivity contribution is 0.976. The number of aryl methyl sites for hydroxylation is 1. The molecule has 0 saturated carbocycles.